The Bertz CT molecular complexity index is 1060. The van der Waals surface area contributed by atoms with Crippen LogP contribution in [-0.2, 0) is 6.54 Å². The first-order chi connectivity index (χ1) is 13.2. The van der Waals surface area contributed by atoms with Gasteiger partial charge in [-0.2, -0.15) is 5.10 Å². The standard InChI is InChI=1S/C21H21N5O/c1-16-6-5-7-17(2)21(16)27-11-10-25-13-18(12-24-26-14-22-23-15-26)19-8-3-4-9-20(19)25/h3-9,12-15H,10-11H2,1-2H3. The van der Waals surface area contributed by atoms with Gasteiger partial charge in [-0.1, -0.05) is 36.4 Å². The molecule has 0 unspecified atom stereocenters. The van der Waals surface area contributed by atoms with Crippen molar-refractivity contribution in [2.45, 2.75) is 20.4 Å². The van der Waals surface area contributed by atoms with Gasteiger partial charge in [0.1, 0.15) is 25.0 Å². The lowest BCUT2D eigenvalue weighted by atomic mass is 10.1. The van der Waals surface area contributed by atoms with Crippen LogP contribution in [0.15, 0.2) is 66.4 Å². The first-order valence-corrected chi connectivity index (χ1v) is 8.88. The summed E-state index contributed by atoms with van der Waals surface area (Å²) < 4.78 is 9.86. The molecule has 0 aliphatic rings. The second-order valence-electron chi connectivity index (χ2n) is 6.45. The lowest BCUT2D eigenvalue weighted by Gasteiger charge is -2.12. The number of aryl methyl sites for hydroxylation is 2. The van der Waals surface area contributed by atoms with Crippen LogP contribution >= 0.6 is 0 Å². The van der Waals surface area contributed by atoms with Gasteiger partial charge < -0.3 is 9.30 Å². The predicted molar refractivity (Wildman–Crippen MR) is 106 cm³/mol. The highest BCUT2D eigenvalue weighted by molar-refractivity contribution is 5.99. The number of nitrogens with zero attached hydrogens (tertiary/aromatic N) is 5. The molecule has 0 N–H and O–H groups in total. The zero-order valence-corrected chi connectivity index (χ0v) is 15.4. The SMILES string of the molecule is Cc1cccc(C)c1OCCn1cc(C=Nn2cnnc2)c2ccccc21. The second-order valence-corrected chi connectivity index (χ2v) is 6.45. The van der Waals surface area contributed by atoms with Crippen molar-refractivity contribution in [3.8, 4) is 5.75 Å². The van der Waals surface area contributed by atoms with Crippen LogP contribution in [0.3, 0.4) is 0 Å². The fraction of sp³-hybridized carbons (Fsp3) is 0.190. The number of hydrogen-bond donors (Lipinski definition) is 0. The molecule has 2 aromatic carbocycles. The molecule has 0 bridgehead atoms. The summed E-state index contributed by atoms with van der Waals surface area (Å²) in [6, 6.07) is 14.5. The van der Waals surface area contributed by atoms with Crippen molar-refractivity contribution in [3.63, 3.8) is 0 Å². The van der Waals surface area contributed by atoms with Gasteiger partial charge in [-0.05, 0) is 31.0 Å². The van der Waals surface area contributed by atoms with Gasteiger partial charge in [-0.15, -0.1) is 10.2 Å². The Morgan fingerprint density at radius 2 is 1.74 bits per heavy atom. The number of rotatable bonds is 6. The van der Waals surface area contributed by atoms with E-state index in [0.717, 1.165) is 39.9 Å². The van der Waals surface area contributed by atoms with Crippen molar-refractivity contribution >= 4 is 17.1 Å². The Balaban J connectivity index is 1.55. The number of fused-ring (bicyclic) bond motifs is 1. The average Bonchev–Trinajstić information content (AvgIpc) is 3.31. The first kappa shape index (κ1) is 17.0. The third-order valence-corrected chi connectivity index (χ3v) is 4.54. The van der Waals surface area contributed by atoms with E-state index in [9.17, 15) is 0 Å². The molecule has 0 saturated heterocycles. The summed E-state index contributed by atoms with van der Waals surface area (Å²) in [5.74, 6) is 0.975. The molecule has 4 rings (SSSR count). The molecule has 0 aliphatic heterocycles. The van der Waals surface area contributed by atoms with Crippen LogP contribution in [0.2, 0.25) is 0 Å². The molecule has 136 valence electrons. The minimum Gasteiger partial charge on any atom is -0.491 e. The molecule has 0 radical (unpaired) electrons. The number of para-hydroxylation sites is 2. The number of ether oxygens (including phenoxy) is 1. The molecule has 2 aromatic heterocycles. The van der Waals surface area contributed by atoms with Gasteiger partial charge in [0.15, 0.2) is 0 Å². The van der Waals surface area contributed by atoms with E-state index < -0.39 is 0 Å². The van der Waals surface area contributed by atoms with E-state index in [1.807, 2.05) is 18.3 Å². The van der Waals surface area contributed by atoms with Crippen LogP contribution < -0.4 is 4.74 Å². The van der Waals surface area contributed by atoms with Crippen molar-refractivity contribution in [2.24, 2.45) is 5.10 Å². The summed E-state index contributed by atoms with van der Waals surface area (Å²) >= 11 is 0. The molecule has 0 atom stereocenters. The number of hydrogen-bond acceptors (Lipinski definition) is 4. The molecule has 0 aliphatic carbocycles. The van der Waals surface area contributed by atoms with Gasteiger partial charge in [0, 0.05) is 22.7 Å². The third-order valence-electron chi connectivity index (χ3n) is 4.54. The van der Waals surface area contributed by atoms with E-state index in [-0.39, 0.29) is 0 Å². The monoisotopic (exact) mass is 359 g/mol. The highest BCUT2D eigenvalue weighted by atomic mass is 16.5. The van der Waals surface area contributed by atoms with Gasteiger partial charge in [0.25, 0.3) is 0 Å². The zero-order chi connectivity index (χ0) is 18.6. The van der Waals surface area contributed by atoms with E-state index in [2.05, 4.69) is 70.2 Å². The van der Waals surface area contributed by atoms with Crippen LogP contribution in [0, 0.1) is 13.8 Å². The molecule has 0 spiro atoms. The molecular formula is C21H21N5O. The second kappa shape index (κ2) is 7.45. The third kappa shape index (κ3) is 3.60. The molecule has 6 nitrogen and oxygen atoms in total. The van der Waals surface area contributed by atoms with Crippen LogP contribution in [0.25, 0.3) is 10.9 Å². The number of benzene rings is 2. The minimum absolute atomic E-state index is 0.604. The van der Waals surface area contributed by atoms with Crippen molar-refractivity contribution in [1.29, 1.82) is 0 Å². The summed E-state index contributed by atoms with van der Waals surface area (Å²) in [5, 5.41) is 13.1. The molecule has 0 saturated carbocycles. The van der Waals surface area contributed by atoms with Crippen LogP contribution in [-0.4, -0.2) is 32.3 Å². The van der Waals surface area contributed by atoms with Crippen molar-refractivity contribution in [2.75, 3.05) is 6.61 Å². The summed E-state index contributed by atoms with van der Waals surface area (Å²) in [5.41, 5.74) is 4.53. The van der Waals surface area contributed by atoms with Gasteiger partial charge in [-0.25, -0.2) is 4.68 Å². The maximum Gasteiger partial charge on any atom is 0.141 e. The van der Waals surface area contributed by atoms with Gasteiger partial charge in [0.05, 0.1) is 12.8 Å². The Kier molecular flexibility index (Phi) is 4.70. The molecular weight excluding hydrogens is 338 g/mol. The molecule has 0 fully saturated rings. The topological polar surface area (TPSA) is 57.2 Å². The Labute approximate surface area is 157 Å². The van der Waals surface area contributed by atoms with Crippen molar-refractivity contribution < 1.29 is 4.74 Å². The predicted octanol–water partition coefficient (Wildman–Crippen LogP) is 3.81. The molecule has 4 aromatic rings. The molecule has 2 heterocycles. The van der Waals surface area contributed by atoms with E-state index >= 15 is 0 Å². The fourth-order valence-corrected chi connectivity index (χ4v) is 3.22. The normalized spacial score (nSPS) is 11.5. The zero-order valence-electron chi connectivity index (χ0n) is 15.4. The number of aromatic nitrogens is 4. The lowest BCUT2D eigenvalue weighted by Crippen LogP contribution is -2.08. The Morgan fingerprint density at radius 1 is 1.00 bits per heavy atom. The largest absolute Gasteiger partial charge is 0.491 e. The summed E-state index contributed by atoms with van der Waals surface area (Å²) in [6.45, 7) is 5.51. The van der Waals surface area contributed by atoms with E-state index in [4.69, 9.17) is 4.74 Å². The van der Waals surface area contributed by atoms with Crippen molar-refractivity contribution in [3.05, 3.63) is 78.0 Å². The van der Waals surface area contributed by atoms with Crippen LogP contribution in [0.4, 0.5) is 0 Å². The van der Waals surface area contributed by atoms with Gasteiger partial charge >= 0.3 is 0 Å². The maximum atomic E-state index is 6.07. The van der Waals surface area contributed by atoms with Crippen LogP contribution in [0.1, 0.15) is 16.7 Å². The Morgan fingerprint density at radius 3 is 2.52 bits per heavy atom. The minimum atomic E-state index is 0.604. The van der Waals surface area contributed by atoms with Crippen molar-refractivity contribution in [1.82, 2.24) is 19.4 Å². The van der Waals surface area contributed by atoms with E-state index in [1.54, 1.807) is 17.3 Å². The average molecular weight is 359 g/mol. The smallest absolute Gasteiger partial charge is 0.141 e. The van der Waals surface area contributed by atoms with Crippen LogP contribution in [0.5, 0.6) is 5.75 Å². The molecule has 27 heavy (non-hydrogen) atoms. The maximum absolute atomic E-state index is 6.07. The highest BCUT2D eigenvalue weighted by Gasteiger charge is 2.08. The van der Waals surface area contributed by atoms with Gasteiger partial charge in [0.2, 0.25) is 0 Å². The lowest BCUT2D eigenvalue weighted by molar-refractivity contribution is 0.296. The van der Waals surface area contributed by atoms with E-state index in [0.29, 0.717) is 6.61 Å². The summed E-state index contributed by atoms with van der Waals surface area (Å²) in [4.78, 5) is 0. The highest BCUT2D eigenvalue weighted by Crippen LogP contribution is 2.23. The quantitative estimate of drug-likeness (QED) is 0.492. The first-order valence-electron chi connectivity index (χ1n) is 8.88. The van der Waals surface area contributed by atoms with E-state index in [1.165, 1.54) is 0 Å². The summed E-state index contributed by atoms with van der Waals surface area (Å²) in [7, 11) is 0. The Hall–Kier alpha value is -3.41. The molecule has 0 amide bonds. The summed E-state index contributed by atoms with van der Waals surface area (Å²) in [6.07, 6.45) is 7.06. The fourth-order valence-electron chi connectivity index (χ4n) is 3.22. The molecule has 6 heteroatoms. The van der Waals surface area contributed by atoms with Gasteiger partial charge in [-0.3, -0.25) is 0 Å².